The molecular weight excluding hydrogens is 180 g/mol. The molecule has 0 saturated heterocycles. The number of ether oxygens (including phenoxy) is 1. The zero-order chi connectivity index (χ0) is 10.4. The predicted molar refractivity (Wildman–Crippen MR) is 52.4 cm³/mol. The van der Waals surface area contributed by atoms with Crippen LogP contribution in [0.15, 0.2) is 24.4 Å². The lowest BCUT2D eigenvalue weighted by Crippen LogP contribution is -2.18. The summed E-state index contributed by atoms with van der Waals surface area (Å²) in [5.74, 6) is -0.286. The van der Waals surface area contributed by atoms with Gasteiger partial charge in [0, 0.05) is 6.20 Å². The van der Waals surface area contributed by atoms with Gasteiger partial charge in [0.15, 0.2) is 0 Å². The van der Waals surface area contributed by atoms with Crippen LogP contribution in [-0.2, 0) is 9.53 Å². The average molecular weight is 194 g/mol. The molecule has 76 valence electrons. The average Bonchev–Trinajstić information content (AvgIpc) is 2.19. The van der Waals surface area contributed by atoms with E-state index in [9.17, 15) is 4.79 Å². The molecule has 0 unspecified atom stereocenters. The molecule has 1 aromatic rings. The van der Waals surface area contributed by atoms with Crippen molar-refractivity contribution in [1.82, 2.24) is 4.98 Å². The van der Waals surface area contributed by atoms with E-state index in [0.717, 1.165) is 0 Å². The molecule has 0 saturated carbocycles. The molecule has 0 aromatic carbocycles. The van der Waals surface area contributed by atoms with Crippen molar-refractivity contribution in [2.45, 2.75) is 19.4 Å². The van der Waals surface area contributed by atoms with Crippen LogP contribution in [0.2, 0.25) is 0 Å². The third-order valence-electron chi connectivity index (χ3n) is 1.76. The number of pyridine rings is 1. The summed E-state index contributed by atoms with van der Waals surface area (Å²) in [6, 6.07) is 5.06. The van der Waals surface area contributed by atoms with Crippen molar-refractivity contribution in [3.8, 4) is 0 Å². The van der Waals surface area contributed by atoms with Crippen molar-refractivity contribution in [3.63, 3.8) is 0 Å². The van der Waals surface area contributed by atoms with Gasteiger partial charge in [-0.25, -0.2) is 0 Å². The lowest BCUT2D eigenvalue weighted by molar-refractivity contribution is -0.143. The van der Waals surface area contributed by atoms with Crippen molar-refractivity contribution >= 4 is 5.97 Å². The van der Waals surface area contributed by atoms with Crippen molar-refractivity contribution < 1.29 is 9.53 Å². The molecule has 4 heteroatoms. The maximum atomic E-state index is 11.1. The van der Waals surface area contributed by atoms with Gasteiger partial charge >= 0.3 is 5.97 Å². The molecule has 1 atom stereocenters. The Morgan fingerprint density at radius 1 is 1.64 bits per heavy atom. The molecule has 0 aliphatic rings. The van der Waals surface area contributed by atoms with Gasteiger partial charge in [-0.2, -0.15) is 0 Å². The quantitative estimate of drug-likeness (QED) is 0.727. The van der Waals surface area contributed by atoms with Crippen LogP contribution in [0.25, 0.3) is 0 Å². The summed E-state index contributed by atoms with van der Waals surface area (Å²) < 4.78 is 4.79. The molecule has 1 rings (SSSR count). The van der Waals surface area contributed by atoms with Crippen molar-refractivity contribution in [3.05, 3.63) is 30.1 Å². The van der Waals surface area contributed by atoms with Gasteiger partial charge in [0.1, 0.15) is 0 Å². The summed E-state index contributed by atoms with van der Waals surface area (Å²) >= 11 is 0. The minimum Gasteiger partial charge on any atom is -0.466 e. The summed E-state index contributed by atoms with van der Waals surface area (Å²) in [6.07, 6.45) is 1.82. The normalized spacial score (nSPS) is 12.1. The second-order valence-electron chi connectivity index (χ2n) is 2.87. The van der Waals surface area contributed by atoms with Gasteiger partial charge in [-0.15, -0.1) is 0 Å². The smallest absolute Gasteiger partial charge is 0.307 e. The Morgan fingerprint density at radius 2 is 2.43 bits per heavy atom. The summed E-state index contributed by atoms with van der Waals surface area (Å²) in [7, 11) is 0. The number of esters is 1. The second kappa shape index (κ2) is 5.34. The van der Waals surface area contributed by atoms with E-state index in [1.54, 1.807) is 25.3 Å². The number of carbonyl (C=O) groups is 1. The first-order valence-electron chi connectivity index (χ1n) is 4.56. The maximum Gasteiger partial charge on any atom is 0.307 e. The highest BCUT2D eigenvalue weighted by atomic mass is 16.5. The van der Waals surface area contributed by atoms with Gasteiger partial charge in [-0.05, 0) is 19.1 Å². The van der Waals surface area contributed by atoms with Crippen LogP contribution in [0.5, 0.6) is 0 Å². The number of nitrogens with zero attached hydrogens (tertiary/aromatic N) is 1. The number of hydrogen-bond acceptors (Lipinski definition) is 4. The maximum absolute atomic E-state index is 11.1. The zero-order valence-electron chi connectivity index (χ0n) is 8.14. The first-order chi connectivity index (χ1) is 6.74. The largest absolute Gasteiger partial charge is 0.466 e. The van der Waals surface area contributed by atoms with E-state index in [2.05, 4.69) is 4.98 Å². The van der Waals surface area contributed by atoms with Gasteiger partial charge in [0.2, 0.25) is 0 Å². The molecule has 0 aliphatic heterocycles. The van der Waals surface area contributed by atoms with Gasteiger partial charge < -0.3 is 10.5 Å². The number of hydrogen-bond donors (Lipinski definition) is 1. The zero-order valence-corrected chi connectivity index (χ0v) is 8.14. The Balaban J connectivity index is 2.50. The standard InChI is InChI=1S/C10H14N2O2/c1-2-14-10(13)7-8(11)9-5-3-4-6-12-9/h3-6,8H,2,7,11H2,1H3/t8-/m0/s1. The minimum absolute atomic E-state index is 0.171. The molecule has 0 fully saturated rings. The summed E-state index contributed by atoms with van der Waals surface area (Å²) in [6.45, 7) is 2.15. The summed E-state index contributed by atoms with van der Waals surface area (Å²) in [5, 5.41) is 0. The molecular formula is C10H14N2O2. The molecule has 0 radical (unpaired) electrons. The van der Waals surface area contributed by atoms with E-state index in [1.807, 2.05) is 6.07 Å². The summed E-state index contributed by atoms with van der Waals surface area (Å²) in [4.78, 5) is 15.2. The van der Waals surface area contributed by atoms with Crippen molar-refractivity contribution in [2.75, 3.05) is 6.61 Å². The van der Waals surface area contributed by atoms with E-state index in [4.69, 9.17) is 10.5 Å². The third-order valence-corrected chi connectivity index (χ3v) is 1.76. The molecule has 14 heavy (non-hydrogen) atoms. The molecule has 2 N–H and O–H groups in total. The van der Waals surface area contributed by atoms with Crippen LogP contribution in [0.3, 0.4) is 0 Å². The van der Waals surface area contributed by atoms with E-state index in [1.165, 1.54) is 0 Å². The van der Waals surface area contributed by atoms with Crippen LogP contribution < -0.4 is 5.73 Å². The van der Waals surface area contributed by atoms with Crippen LogP contribution >= 0.6 is 0 Å². The lowest BCUT2D eigenvalue weighted by Gasteiger charge is -2.09. The number of nitrogens with two attached hydrogens (primary N) is 1. The topological polar surface area (TPSA) is 65.2 Å². The van der Waals surface area contributed by atoms with Crippen LogP contribution in [0.4, 0.5) is 0 Å². The number of rotatable bonds is 4. The minimum atomic E-state index is -0.379. The van der Waals surface area contributed by atoms with E-state index >= 15 is 0 Å². The van der Waals surface area contributed by atoms with Gasteiger partial charge in [-0.1, -0.05) is 6.07 Å². The van der Waals surface area contributed by atoms with Crippen molar-refractivity contribution in [2.24, 2.45) is 5.73 Å². The fourth-order valence-electron chi connectivity index (χ4n) is 1.10. The van der Waals surface area contributed by atoms with E-state index in [-0.39, 0.29) is 18.4 Å². The Labute approximate surface area is 83.1 Å². The van der Waals surface area contributed by atoms with Crippen LogP contribution in [-0.4, -0.2) is 17.6 Å². The Kier molecular flexibility index (Phi) is 4.07. The van der Waals surface area contributed by atoms with Crippen molar-refractivity contribution in [1.29, 1.82) is 0 Å². The molecule has 0 spiro atoms. The second-order valence-corrected chi connectivity index (χ2v) is 2.87. The molecule has 1 aromatic heterocycles. The Hall–Kier alpha value is -1.42. The molecule has 0 amide bonds. The molecule has 0 aliphatic carbocycles. The molecule has 1 heterocycles. The van der Waals surface area contributed by atoms with Crippen LogP contribution in [0, 0.1) is 0 Å². The highest BCUT2D eigenvalue weighted by Crippen LogP contribution is 2.10. The first kappa shape index (κ1) is 10.7. The monoisotopic (exact) mass is 194 g/mol. The van der Waals surface area contributed by atoms with Gasteiger partial charge in [0.25, 0.3) is 0 Å². The van der Waals surface area contributed by atoms with Gasteiger partial charge in [-0.3, -0.25) is 9.78 Å². The molecule has 4 nitrogen and oxygen atoms in total. The van der Waals surface area contributed by atoms with Gasteiger partial charge in [0.05, 0.1) is 24.8 Å². The number of carbonyl (C=O) groups excluding carboxylic acids is 1. The van der Waals surface area contributed by atoms with E-state index < -0.39 is 0 Å². The predicted octanol–water partition coefficient (Wildman–Crippen LogP) is 1.03. The van der Waals surface area contributed by atoms with Crippen LogP contribution in [0.1, 0.15) is 25.1 Å². The highest BCUT2D eigenvalue weighted by molar-refractivity contribution is 5.70. The molecule has 0 bridgehead atoms. The fraction of sp³-hybridized carbons (Fsp3) is 0.400. The SMILES string of the molecule is CCOC(=O)C[C@H](N)c1ccccn1. The Bertz CT molecular complexity index is 287. The lowest BCUT2D eigenvalue weighted by atomic mass is 10.1. The number of aromatic nitrogens is 1. The third kappa shape index (κ3) is 3.14. The van der Waals surface area contributed by atoms with E-state index in [0.29, 0.717) is 12.3 Å². The Morgan fingerprint density at radius 3 is 3.00 bits per heavy atom. The fourth-order valence-corrected chi connectivity index (χ4v) is 1.10. The first-order valence-corrected chi connectivity index (χ1v) is 4.56. The summed E-state index contributed by atoms with van der Waals surface area (Å²) in [5.41, 5.74) is 6.47. The highest BCUT2D eigenvalue weighted by Gasteiger charge is 2.12.